The van der Waals surface area contributed by atoms with Crippen LogP contribution < -0.4 is 5.73 Å². The third kappa shape index (κ3) is 8.02. The highest BCUT2D eigenvalue weighted by Gasteiger charge is 2.08. The number of rotatable bonds is 3. The molecular weight excluding hydrogens is 148 g/mol. The van der Waals surface area contributed by atoms with Crippen molar-refractivity contribution in [1.82, 2.24) is 4.90 Å². The topological polar surface area (TPSA) is 29.3 Å². The summed E-state index contributed by atoms with van der Waals surface area (Å²) >= 11 is 0. The predicted molar refractivity (Wildman–Crippen MR) is 57.4 cm³/mol. The van der Waals surface area contributed by atoms with Gasteiger partial charge in [0.25, 0.3) is 0 Å². The second kappa shape index (κ2) is 9.01. The van der Waals surface area contributed by atoms with Crippen LogP contribution >= 0.6 is 0 Å². The molecule has 0 spiro atoms. The largest absolute Gasteiger partial charge is 0.331 e. The summed E-state index contributed by atoms with van der Waals surface area (Å²) in [5.41, 5.74) is 4.85. The maximum atomic E-state index is 4.85. The van der Waals surface area contributed by atoms with Gasteiger partial charge < -0.3 is 5.73 Å². The van der Waals surface area contributed by atoms with E-state index >= 15 is 0 Å². The first-order valence-electron chi connectivity index (χ1n) is 4.96. The summed E-state index contributed by atoms with van der Waals surface area (Å²) in [6, 6.07) is 1.38. The van der Waals surface area contributed by atoms with Crippen LogP contribution in [-0.4, -0.2) is 30.1 Å². The molecule has 0 aliphatic carbocycles. The molecule has 0 fully saturated rings. The average Bonchev–Trinajstić information content (AvgIpc) is 1.88. The normalized spacial score (nSPS) is 10.5. The van der Waals surface area contributed by atoms with Gasteiger partial charge in [-0.3, -0.25) is 4.90 Å². The molecule has 2 heteroatoms. The Balaban J connectivity index is 0. The summed E-state index contributed by atoms with van der Waals surface area (Å²) in [6.45, 7) is 15.0. The van der Waals surface area contributed by atoms with Gasteiger partial charge in [0.2, 0.25) is 0 Å². The van der Waals surface area contributed by atoms with E-state index in [1.807, 2.05) is 6.92 Å². The van der Waals surface area contributed by atoms with E-state index in [1.54, 1.807) is 0 Å². The molecule has 0 aliphatic heterocycles. The molecule has 0 unspecified atom stereocenters. The highest BCUT2D eigenvalue weighted by atomic mass is 15.2. The van der Waals surface area contributed by atoms with Gasteiger partial charge in [-0.1, -0.05) is 13.8 Å². The minimum absolute atomic E-state index is 0.690. The SMILES string of the molecule is CCN.CCN(C(C)C)C(C)C. The lowest BCUT2D eigenvalue weighted by atomic mass is 10.2. The number of hydrogen-bond donors (Lipinski definition) is 1. The van der Waals surface area contributed by atoms with Crippen LogP contribution in [0.2, 0.25) is 0 Å². The molecule has 0 bridgehead atoms. The average molecular weight is 174 g/mol. The summed E-state index contributed by atoms with van der Waals surface area (Å²) in [4.78, 5) is 2.46. The van der Waals surface area contributed by atoms with Crippen molar-refractivity contribution in [2.75, 3.05) is 13.1 Å². The van der Waals surface area contributed by atoms with Crippen molar-refractivity contribution < 1.29 is 0 Å². The first-order valence-corrected chi connectivity index (χ1v) is 4.96. The van der Waals surface area contributed by atoms with E-state index < -0.39 is 0 Å². The standard InChI is InChI=1S/C8H19N.C2H7N/c1-6-9(7(2)3)8(4)5;1-2-3/h7-8H,6H2,1-5H3;2-3H2,1H3. The van der Waals surface area contributed by atoms with Crippen molar-refractivity contribution in [3.05, 3.63) is 0 Å². The Hall–Kier alpha value is -0.0800. The Bertz CT molecular complexity index is 71.9. The van der Waals surface area contributed by atoms with E-state index in [1.165, 1.54) is 0 Å². The first-order chi connectivity index (χ1) is 5.51. The van der Waals surface area contributed by atoms with Crippen molar-refractivity contribution in [1.29, 1.82) is 0 Å². The Morgan fingerprint density at radius 2 is 1.25 bits per heavy atom. The molecule has 0 aliphatic rings. The Kier molecular flexibility index (Phi) is 10.8. The van der Waals surface area contributed by atoms with Crippen LogP contribution in [0.4, 0.5) is 0 Å². The fraction of sp³-hybridized carbons (Fsp3) is 1.00. The number of nitrogens with two attached hydrogens (primary N) is 1. The first kappa shape index (κ1) is 14.4. The van der Waals surface area contributed by atoms with Crippen LogP contribution in [0.5, 0.6) is 0 Å². The van der Waals surface area contributed by atoms with E-state index in [0.29, 0.717) is 12.1 Å². The smallest absolute Gasteiger partial charge is 0.00411 e. The highest BCUT2D eigenvalue weighted by Crippen LogP contribution is 2.02. The van der Waals surface area contributed by atoms with Gasteiger partial charge in [-0.2, -0.15) is 0 Å². The van der Waals surface area contributed by atoms with Gasteiger partial charge in [0.15, 0.2) is 0 Å². The predicted octanol–water partition coefficient (Wildman–Crippen LogP) is 2.09. The number of nitrogens with zero attached hydrogens (tertiary/aromatic N) is 1. The summed E-state index contributed by atoms with van der Waals surface area (Å²) in [6.07, 6.45) is 0. The van der Waals surface area contributed by atoms with Gasteiger partial charge >= 0.3 is 0 Å². The van der Waals surface area contributed by atoms with E-state index in [-0.39, 0.29) is 0 Å². The van der Waals surface area contributed by atoms with Crippen LogP contribution in [0.15, 0.2) is 0 Å². The fourth-order valence-electron chi connectivity index (χ4n) is 1.33. The van der Waals surface area contributed by atoms with Gasteiger partial charge in [0.05, 0.1) is 0 Å². The molecule has 0 amide bonds. The van der Waals surface area contributed by atoms with Gasteiger partial charge in [0.1, 0.15) is 0 Å². The molecule has 0 aromatic carbocycles. The fourth-order valence-corrected chi connectivity index (χ4v) is 1.33. The Labute approximate surface area is 78.1 Å². The molecule has 0 saturated heterocycles. The summed E-state index contributed by atoms with van der Waals surface area (Å²) in [5.74, 6) is 0. The van der Waals surface area contributed by atoms with Crippen molar-refractivity contribution >= 4 is 0 Å². The minimum atomic E-state index is 0.690. The Morgan fingerprint density at radius 1 is 1.00 bits per heavy atom. The van der Waals surface area contributed by atoms with Gasteiger partial charge in [-0.25, -0.2) is 0 Å². The van der Waals surface area contributed by atoms with Crippen molar-refractivity contribution in [3.63, 3.8) is 0 Å². The van der Waals surface area contributed by atoms with Crippen LogP contribution in [0.25, 0.3) is 0 Å². The third-order valence-electron chi connectivity index (χ3n) is 1.69. The van der Waals surface area contributed by atoms with E-state index in [2.05, 4.69) is 39.5 Å². The highest BCUT2D eigenvalue weighted by molar-refractivity contribution is 4.64. The van der Waals surface area contributed by atoms with Crippen LogP contribution in [0.3, 0.4) is 0 Å². The molecule has 0 rings (SSSR count). The maximum Gasteiger partial charge on any atom is 0.00411 e. The quantitative estimate of drug-likeness (QED) is 0.710. The van der Waals surface area contributed by atoms with Crippen molar-refractivity contribution in [2.24, 2.45) is 5.73 Å². The van der Waals surface area contributed by atoms with Crippen molar-refractivity contribution in [2.45, 2.75) is 53.6 Å². The van der Waals surface area contributed by atoms with Gasteiger partial charge in [0, 0.05) is 12.1 Å². The molecule has 2 N–H and O–H groups in total. The summed E-state index contributed by atoms with van der Waals surface area (Å²) in [5, 5.41) is 0. The number of hydrogen-bond acceptors (Lipinski definition) is 2. The lowest BCUT2D eigenvalue weighted by Gasteiger charge is -2.28. The molecular formula is C10H26N2. The molecule has 0 heterocycles. The zero-order chi connectivity index (χ0) is 10.1. The molecule has 76 valence electrons. The molecule has 0 atom stereocenters. The zero-order valence-electron chi connectivity index (χ0n) is 9.59. The zero-order valence-corrected chi connectivity index (χ0v) is 9.59. The monoisotopic (exact) mass is 174 g/mol. The molecule has 0 aromatic rings. The van der Waals surface area contributed by atoms with Gasteiger partial charge in [-0.05, 0) is 40.8 Å². The summed E-state index contributed by atoms with van der Waals surface area (Å²) in [7, 11) is 0. The molecule has 2 nitrogen and oxygen atoms in total. The summed E-state index contributed by atoms with van der Waals surface area (Å²) < 4.78 is 0. The second-order valence-corrected chi connectivity index (χ2v) is 3.43. The van der Waals surface area contributed by atoms with Crippen LogP contribution in [-0.2, 0) is 0 Å². The maximum absolute atomic E-state index is 4.85. The lowest BCUT2D eigenvalue weighted by Crippen LogP contribution is -2.36. The lowest BCUT2D eigenvalue weighted by molar-refractivity contribution is 0.185. The molecule has 0 radical (unpaired) electrons. The minimum Gasteiger partial charge on any atom is -0.331 e. The Morgan fingerprint density at radius 3 is 1.25 bits per heavy atom. The molecule has 0 saturated carbocycles. The van der Waals surface area contributed by atoms with Gasteiger partial charge in [-0.15, -0.1) is 0 Å². The van der Waals surface area contributed by atoms with E-state index in [9.17, 15) is 0 Å². The molecule has 0 aromatic heterocycles. The van der Waals surface area contributed by atoms with Crippen molar-refractivity contribution in [3.8, 4) is 0 Å². The third-order valence-corrected chi connectivity index (χ3v) is 1.69. The second-order valence-electron chi connectivity index (χ2n) is 3.43. The van der Waals surface area contributed by atoms with E-state index in [0.717, 1.165) is 13.1 Å². The van der Waals surface area contributed by atoms with Crippen LogP contribution in [0, 0.1) is 0 Å². The molecule has 12 heavy (non-hydrogen) atoms. The van der Waals surface area contributed by atoms with E-state index in [4.69, 9.17) is 5.73 Å². The van der Waals surface area contributed by atoms with Crippen LogP contribution in [0.1, 0.15) is 41.5 Å².